The standard InChI is InChI=1S/C21H24ClFN2O5S/c1-2-24-21(26)25(14-18-4-3-11-29-18)13-15-12-16(22)5-10-20(15)30-31(27,28)19-8-6-17(23)7-9-19/h5-10,12,18H,2-4,11,13-14H2,1H3,(H,24,26)/t18-/m1/s1. The first-order chi connectivity index (χ1) is 14.8. The number of halogens is 2. The lowest BCUT2D eigenvalue weighted by Crippen LogP contribution is -2.43. The number of benzene rings is 2. The van der Waals surface area contributed by atoms with Gasteiger partial charge in [0.15, 0.2) is 0 Å². The molecule has 10 heteroatoms. The van der Waals surface area contributed by atoms with E-state index in [0.29, 0.717) is 30.3 Å². The first-order valence-electron chi connectivity index (χ1n) is 9.91. The highest BCUT2D eigenvalue weighted by molar-refractivity contribution is 7.87. The molecule has 1 saturated heterocycles. The Hall–Kier alpha value is -2.36. The summed E-state index contributed by atoms with van der Waals surface area (Å²) in [6, 6.07) is 8.51. The molecule has 0 bridgehead atoms. The van der Waals surface area contributed by atoms with Crippen LogP contribution in [0.25, 0.3) is 0 Å². The van der Waals surface area contributed by atoms with Crippen LogP contribution in [-0.2, 0) is 21.4 Å². The maximum Gasteiger partial charge on any atom is 0.339 e. The third kappa shape index (κ3) is 6.32. The van der Waals surface area contributed by atoms with Gasteiger partial charge in [0.2, 0.25) is 0 Å². The van der Waals surface area contributed by atoms with E-state index in [-0.39, 0.29) is 29.3 Å². The summed E-state index contributed by atoms with van der Waals surface area (Å²) in [5.74, 6) is -0.520. The van der Waals surface area contributed by atoms with Crippen molar-refractivity contribution in [2.24, 2.45) is 0 Å². The van der Waals surface area contributed by atoms with Gasteiger partial charge in [-0.05, 0) is 62.2 Å². The van der Waals surface area contributed by atoms with Gasteiger partial charge in [0.05, 0.1) is 12.6 Å². The molecule has 1 N–H and O–H groups in total. The van der Waals surface area contributed by atoms with E-state index in [4.69, 9.17) is 20.5 Å². The lowest BCUT2D eigenvalue weighted by molar-refractivity contribution is 0.0794. The summed E-state index contributed by atoms with van der Waals surface area (Å²) in [7, 11) is -4.21. The summed E-state index contributed by atoms with van der Waals surface area (Å²) in [4.78, 5) is 14.0. The summed E-state index contributed by atoms with van der Waals surface area (Å²) >= 11 is 6.13. The number of ether oxygens (including phenoxy) is 1. The summed E-state index contributed by atoms with van der Waals surface area (Å²) in [6.45, 7) is 3.32. The molecule has 0 spiro atoms. The van der Waals surface area contributed by atoms with Gasteiger partial charge in [-0.25, -0.2) is 9.18 Å². The molecule has 2 aromatic rings. The molecule has 1 atom stereocenters. The molecular formula is C21H24ClFN2O5S. The van der Waals surface area contributed by atoms with Gasteiger partial charge < -0.3 is 19.1 Å². The van der Waals surface area contributed by atoms with Gasteiger partial charge in [0.25, 0.3) is 0 Å². The number of carbonyl (C=O) groups excluding carboxylic acids is 1. The molecule has 0 radical (unpaired) electrons. The van der Waals surface area contributed by atoms with Crippen LogP contribution in [0.15, 0.2) is 47.4 Å². The number of urea groups is 1. The Morgan fingerprint density at radius 2 is 2.03 bits per heavy atom. The molecule has 1 aliphatic heterocycles. The van der Waals surface area contributed by atoms with Gasteiger partial charge in [-0.2, -0.15) is 8.42 Å². The van der Waals surface area contributed by atoms with Crippen molar-refractivity contribution in [3.63, 3.8) is 0 Å². The van der Waals surface area contributed by atoms with Crippen LogP contribution in [0.2, 0.25) is 5.02 Å². The molecule has 1 fully saturated rings. The molecule has 0 aliphatic carbocycles. The Bertz CT molecular complexity index is 1010. The van der Waals surface area contributed by atoms with Gasteiger partial charge in [0, 0.05) is 30.3 Å². The highest BCUT2D eigenvalue weighted by Gasteiger charge is 2.25. The van der Waals surface area contributed by atoms with Gasteiger partial charge in [-0.1, -0.05) is 11.6 Å². The fourth-order valence-corrected chi connectivity index (χ4v) is 4.40. The molecule has 0 unspecified atom stereocenters. The normalized spacial score (nSPS) is 16.2. The van der Waals surface area contributed by atoms with Crippen molar-refractivity contribution >= 4 is 27.8 Å². The van der Waals surface area contributed by atoms with Crippen molar-refractivity contribution in [1.29, 1.82) is 0 Å². The Morgan fingerprint density at radius 3 is 2.68 bits per heavy atom. The fourth-order valence-electron chi connectivity index (χ4n) is 3.24. The molecule has 2 amide bonds. The number of carbonyl (C=O) groups is 1. The van der Waals surface area contributed by atoms with Crippen LogP contribution in [-0.4, -0.2) is 45.1 Å². The number of hydrogen-bond acceptors (Lipinski definition) is 5. The Labute approximate surface area is 186 Å². The number of hydrogen-bond donors (Lipinski definition) is 1. The first kappa shape index (κ1) is 23.3. The maximum absolute atomic E-state index is 13.2. The predicted octanol–water partition coefficient (Wildman–Crippen LogP) is 3.96. The quantitative estimate of drug-likeness (QED) is 0.590. The number of amides is 2. The van der Waals surface area contributed by atoms with E-state index in [9.17, 15) is 17.6 Å². The van der Waals surface area contributed by atoms with E-state index >= 15 is 0 Å². The zero-order chi connectivity index (χ0) is 22.4. The second kappa shape index (κ2) is 10.3. The highest BCUT2D eigenvalue weighted by Crippen LogP contribution is 2.28. The third-order valence-corrected chi connectivity index (χ3v) is 6.23. The fraction of sp³-hybridized carbons (Fsp3) is 0.381. The SMILES string of the molecule is CCNC(=O)N(Cc1cc(Cl)ccc1OS(=O)(=O)c1ccc(F)cc1)C[C@H]1CCCO1. The van der Waals surface area contributed by atoms with Crippen LogP contribution in [0, 0.1) is 5.82 Å². The molecule has 7 nitrogen and oxygen atoms in total. The average molecular weight is 471 g/mol. The van der Waals surface area contributed by atoms with Crippen LogP contribution < -0.4 is 9.50 Å². The molecule has 1 aliphatic rings. The minimum atomic E-state index is -4.21. The maximum atomic E-state index is 13.2. The Balaban J connectivity index is 1.86. The van der Waals surface area contributed by atoms with Gasteiger partial charge in [-0.3, -0.25) is 0 Å². The number of rotatable bonds is 8. The summed E-state index contributed by atoms with van der Waals surface area (Å²) in [5, 5.41) is 3.13. The predicted molar refractivity (Wildman–Crippen MR) is 114 cm³/mol. The van der Waals surface area contributed by atoms with E-state index in [1.54, 1.807) is 11.0 Å². The summed E-state index contributed by atoms with van der Waals surface area (Å²) in [5.41, 5.74) is 0.419. The summed E-state index contributed by atoms with van der Waals surface area (Å²) in [6.07, 6.45) is 1.68. The number of nitrogens with one attached hydrogen (secondary N) is 1. The van der Waals surface area contributed by atoms with Crippen LogP contribution >= 0.6 is 11.6 Å². The van der Waals surface area contributed by atoms with Gasteiger partial charge >= 0.3 is 16.1 Å². The Kier molecular flexibility index (Phi) is 7.74. The van der Waals surface area contributed by atoms with E-state index in [1.807, 2.05) is 6.92 Å². The molecule has 0 saturated carbocycles. The molecule has 2 aromatic carbocycles. The van der Waals surface area contributed by atoms with E-state index in [0.717, 1.165) is 37.1 Å². The minimum Gasteiger partial charge on any atom is -0.379 e. The van der Waals surface area contributed by atoms with Crippen molar-refractivity contribution in [2.75, 3.05) is 19.7 Å². The van der Waals surface area contributed by atoms with Gasteiger partial charge in [-0.15, -0.1) is 0 Å². The Morgan fingerprint density at radius 1 is 1.29 bits per heavy atom. The topological polar surface area (TPSA) is 84.9 Å². The second-order valence-electron chi connectivity index (χ2n) is 7.09. The zero-order valence-corrected chi connectivity index (χ0v) is 18.6. The van der Waals surface area contributed by atoms with E-state index < -0.39 is 15.9 Å². The molecular weight excluding hydrogens is 447 g/mol. The van der Waals surface area contributed by atoms with Crippen LogP contribution in [0.1, 0.15) is 25.3 Å². The largest absolute Gasteiger partial charge is 0.379 e. The van der Waals surface area contributed by atoms with Gasteiger partial charge in [0.1, 0.15) is 16.5 Å². The average Bonchev–Trinajstić information content (AvgIpc) is 3.23. The molecule has 1 heterocycles. The lowest BCUT2D eigenvalue weighted by atomic mass is 10.1. The first-order valence-corrected chi connectivity index (χ1v) is 11.7. The van der Waals surface area contributed by atoms with Crippen molar-refractivity contribution in [3.8, 4) is 5.75 Å². The highest BCUT2D eigenvalue weighted by atomic mass is 35.5. The van der Waals surface area contributed by atoms with Crippen molar-refractivity contribution in [2.45, 2.75) is 37.3 Å². The molecule has 3 rings (SSSR count). The molecule has 168 valence electrons. The second-order valence-corrected chi connectivity index (χ2v) is 9.08. The van der Waals surface area contributed by atoms with Crippen molar-refractivity contribution in [3.05, 3.63) is 58.9 Å². The lowest BCUT2D eigenvalue weighted by Gasteiger charge is -2.26. The zero-order valence-electron chi connectivity index (χ0n) is 17.0. The molecule has 0 aromatic heterocycles. The van der Waals surface area contributed by atoms with Crippen molar-refractivity contribution in [1.82, 2.24) is 10.2 Å². The van der Waals surface area contributed by atoms with Crippen LogP contribution in [0.4, 0.5) is 9.18 Å². The van der Waals surface area contributed by atoms with E-state index in [2.05, 4.69) is 5.32 Å². The van der Waals surface area contributed by atoms with E-state index in [1.165, 1.54) is 12.1 Å². The van der Waals surface area contributed by atoms with Crippen LogP contribution in [0.3, 0.4) is 0 Å². The van der Waals surface area contributed by atoms with Crippen LogP contribution in [0.5, 0.6) is 5.75 Å². The molecule has 31 heavy (non-hydrogen) atoms. The number of nitrogens with zero attached hydrogens (tertiary/aromatic N) is 1. The third-order valence-electron chi connectivity index (χ3n) is 4.75. The monoisotopic (exact) mass is 470 g/mol. The van der Waals surface area contributed by atoms with Crippen molar-refractivity contribution < 1.29 is 26.5 Å². The smallest absolute Gasteiger partial charge is 0.339 e. The summed E-state index contributed by atoms with van der Waals surface area (Å²) < 4.78 is 49.4. The minimum absolute atomic E-state index is 0.0374.